The number of aliphatic imine (C=N–C) groups is 1. The van der Waals surface area contributed by atoms with E-state index in [2.05, 4.69) is 4.99 Å². The van der Waals surface area contributed by atoms with Crippen LogP contribution in [0.3, 0.4) is 0 Å². The van der Waals surface area contributed by atoms with Gasteiger partial charge in [-0.2, -0.15) is 0 Å². The van der Waals surface area contributed by atoms with E-state index < -0.39 is 0 Å². The maximum atomic E-state index is 5.67. The fraction of sp³-hybridized carbons (Fsp3) is 0.133. The van der Waals surface area contributed by atoms with Crippen LogP contribution in [0, 0.1) is 0 Å². The minimum atomic E-state index is 0.227. The molecule has 0 saturated carbocycles. The number of para-hydroxylation sites is 1. The molecule has 2 aromatic rings. The second-order valence-corrected chi connectivity index (χ2v) is 4.28. The van der Waals surface area contributed by atoms with Gasteiger partial charge in [-0.25, -0.2) is 4.99 Å². The Morgan fingerprint density at radius 3 is 2.63 bits per heavy atom. The van der Waals surface area contributed by atoms with Crippen LogP contribution in [0.15, 0.2) is 59.6 Å². The van der Waals surface area contributed by atoms with Gasteiger partial charge in [0.1, 0.15) is 18.2 Å². The third-order valence-electron chi connectivity index (χ3n) is 2.47. The molecule has 19 heavy (non-hydrogen) atoms. The Bertz CT molecular complexity index is 555. The second-order valence-electron chi connectivity index (χ2n) is 4.01. The van der Waals surface area contributed by atoms with Crippen LogP contribution in [0.5, 0.6) is 5.75 Å². The van der Waals surface area contributed by atoms with E-state index in [4.69, 9.17) is 22.1 Å². The number of amidine groups is 1. The smallest absolute Gasteiger partial charge is 0.119 e. The van der Waals surface area contributed by atoms with E-state index in [9.17, 15) is 0 Å². The Balaban J connectivity index is 2.03. The van der Waals surface area contributed by atoms with Crippen LogP contribution < -0.4 is 10.5 Å². The van der Waals surface area contributed by atoms with Gasteiger partial charge in [-0.05, 0) is 29.8 Å². The zero-order valence-electron chi connectivity index (χ0n) is 10.4. The number of benzene rings is 2. The zero-order valence-corrected chi connectivity index (χ0v) is 11.2. The van der Waals surface area contributed by atoms with E-state index in [1.165, 1.54) is 0 Å². The molecule has 0 unspecified atom stereocenters. The Morgan fingerprint density at radius 2 is 1.89 bits per heavy atom. The lowest BCUT2D eigenvalue weighted by atomic mass is 10.2. The number of hydrogen-bond donors (Lipinski definition) is 1. The van der Waals surface area contributed by atoms with E-state index in [0.29, 0.717) is 12.4 Å². The molecule has 0 radical (unpaired) electrons. The molecular weight excluding hydrogens is 260 g/mol. The number of nitrogens with two attached hydrogens (primary N) is 1. The summed E-state index contributed by atoms with van der Waals surface area (Å²) in [5, 5.41) is 0. The van der Waals surface area contributed by atoms with Crippen molar-refractivity contribution in [3.63, 3.8) is 0 Å². The molecule has 0 bridgehead atoms. The average Bonchev–Trinajstić information content (AvgIpc) is 2.46. The van der Waals surface area contributed by atoms with Gasteiger partial charge in [-0.3, -0.25) is 0 Å². The third-order valence-corrected chi connectivity index (χ3v) is 2.74. The van der Waals surface area contributed by atoms with E-state index in [1.807, 2.05) is 54.6 Å². The van der Waals surface area contributed by atoms with Crippen LogP contribution >= 0.6 is 11.6 Å². The van der Waals surface area contributed by atoms with Crippen molar-refractivity contribution in [1.82, 2.24) is 0 Å². The molecule has 2 N–H and O–H groups in total. The standard InChI is InChI=1S/C15H15ClN2O/c16-10-15(17)18-13-6-4-5-12(9-13)11-19-14-7-2-1-3-8-14/h1-9H,10-11H2,(H2,17,18). The highest BCUT2D eigenvalue weighted by Crippen LogP contribution is 2.17. The summed E-state index contributed by atoms with van der Waals surface area (Å²) in [6, 6.07) is 17.4. The molecule has 0 heterocycles. The van der Waals surface area contributed by atoms with Crippen molar-refractivity contribution in [3.05, 3.63) is 60.2 Å². The van der Waals surface area contributed by atoms with Crippen LogP contribution in [0.1, 0.15) is 5.56 Å². The molecule has 0 fully saturated rings. The Hall–Kier alpha value is -2.00. The summed E-state index contributed by atoms with van der Waals surface area (Å²) in [4.78, 5) is 4.20. The highest BCUT2D eigenvalue weighted by Gasteiger charge is 1.98. The van der Waals surface area contributed by atoms with Gasteiger partial charge in [-0.15, -0.1) is 11.6 Å². The van der Waals surface area contributed by atoms with Crippen LogP contribution in [0.4, 0.5) is 5.69 Å². The number of halogens is 1. The van der Waals surface area contributed by atoms with Gasteiger partial charge >= 0.3 is 0 Å². The van der Waals surface area contributed by atoms with Crippen molar-refractivity contribution in [3.8, 4) is 5.75 Å². The monoisotopic (exact) mass is 274 g/mol. The highest BCUT2D eigenvalue weighted by molar-refractivity contribution is 6.28. The van der Waals surface area contributed by atoms with Crippen LogP contribution in [-0.2, 0) is 6.61 Å². The molecule has 0 aliphatic heterocycles. The lowest BCUT2D eigenvalue weighted by molar-refractivity contribution is 0.306. The minimum absolute atomic E-state index is 0.227. The molecule has 0 atom stereocenters. The number of ether oxygens (including phenoxy) is 1. The van der Waals surface area contributed by atoms with Crippen LogP contribution in [0.2, 0.25) is 0 Å². The zero-order chi connectivity index (χ0) is 13.5. The summed E-state index contributed by atoms with van der Waals surface area (Å²) in [6.45, 7) is 0.494. The predicted octanol–water partition coefficient (Wildman–Crippen LogP) is 3.49. The minimum Gasteiger partial charge on any atom is -0.489 e. The van der Waals surface area contributed by atoms with Crippen LogP contribution in [0.25, 0.3) is 0 Å². The molecular formula is C15H15ClN2O. The van der Waals surface area contributed by atoms with Gasteiger partial charge in [0.05, 0.1) is 11.6 Å². The first-order chi connectivity index (χ1) is 9.28. The lowest BCUT2D eigenvalue weighted by Gasteiger charge is -2.06. The summed E-state index contributed by atoms with van der Waals surface area (Å²) in [6.07, 6.45) is 0. The van der Waals surface area contributed by atoms with Gasteiger partial charge in [0.15, 0.2) is 0 Å². The Labute approximate surface area is 117 Å². The first-order valence-corrected chi connectivity index (χ1v) is 6.47. The van der Waals surface area contributed by atoms with Crippen molar-refractivity contribution in [1.29, 1.82) is 0 Å². The largest absolute Gasteiger partial charge is 0.489 e. The van der Waals surface area contributed by atoms with Crippen molar-refractivity contribution in [2.45, 2.75) is 6.61 Å². The molecule has 0 saturated heterocycles. The number of alkyl halides is 1. The molecule has 0 aliphatic rings. The molecule has 0 amide bonds. The van der Waals surface area contributed by atoms with Gasteiger partial charge < -0.3 is 10.5 Å². The summed E-state index contributed by atoms with van der Waals surface area (Å²) in [5.41, 5.74) is 7.43. The molecule has 2 rings (SSSR count). The average molecular weight is 275 g/mol. The first kappa shape index (κ1) is 13.4. The Morgan fingerprint density at radius 1 is 1.11 bits per heavy atom. The van der Waals surface area contributed by atoms with Crippen molar-refractivity contribution in [2.24, 2.45) is 10.7 Å². The first-order valence-electron chi connectivity index (χ1n) is 5.94. The molecule has 0 spiro atoms. The molecule has 3 nitrogen and oxygen atoms in total. The van der Waals surface area contributed by atoms with Crippen LogP contribution in [-0.4, -0.2) is 11.7 Å². The summed E-state index contributed by atoms with van der Waals surface area (Å²) < 4.78 is 5.67. The summed E-state index contributed by atoms with van der Waals surface area (Å²) >= 11 is 5.60. The van der Waals surface area contributed by atoms with E-state index >= 15 is 0 Å². The molecule has 0 aromatic heterocycles. The third kappa shape index (κ3) is 4.30. The maximum absolute atomic E-state index is 5.67. The molecule has 98 valence electrons. The van der Waals surface area contributed by atoms with Gasteiger partial charge in [0.2, 0.25) is 0 Å². The fourth-order valence-electron chi connectivity index (χ4n) is 1.59. The maximum Gasteiger partial charge on any atom is 0.119 e. The SMILES string of the molecule is NC(CCl)=Nc1cccc(COc2ccccc2)c1. The quantitative estimate of drug-likeness (QED) is 0.515. The summed E-state index contributed by atoms with van der Waals surface area (Å²) in [7, 11) is 0. The van der Waals surface area contributed by atoms with E-state index in [1.54, 1.807) is 0 Å². The van der Waals surface area contributed by atoms with E-state index in [-0.39, 0.29) is 5.88 Å². The number of rotatable bonds is 5. The van der Waals surface area contributed by atoms with Crippen molar-refractivity contribution < 1.29 is 4.74 Å². The number of nitrogens with zero attached hydrogens (tertiary/aromatic N) is 1. The number of hydrogen-bond acceptors (Lipinski definition) is 2. The van der Waals surface area contributed by atoms with E-state index in [0.717, 1.165) is 17.0 Å². The van der Waals surface area contributed by atoms with Crippen molar-refractivity contribution in [2.75, 3.05) is 5.88 Å². The Kier molecular flexibility index (Phi) is 4.81. The second kappa shape index (κ2) is 6.81. The predicted molar refractivity (Wildman–Crippen MR) is 79.2 cm³/mol. The normalized spacial score (nSPS) is 11.3. The highest BCUT2D eigenvalue weighted by atomic mass is 35.5. The van der Waals surface area contributed by atoms with Gasteiger partial charge in [0, 0.05) is 0 Å². The molecule has 0 aliphatic carbocycles. The lowest BCUT2D eigenvalue weighted by Crippen LogP contribution is -2.12. The summed E-state index contributed by atoms with van der Waals surface area (Å²) in [5.74, 6) is 1.48. The van der Waals surface area contributed by atoms with Crippen molar-refractivity contribution >= 4 is 23.1 Å². The van der Waals surface area contributed by atoms with Gasteiger partial charge in [0.25, 0.3) is 0 Å². The molecule has 4 heteroatoms. The fourth-order valence-corrected chi connectivity index (χ4v) is 1.65. The molecule has 2 aromatic carbocycles. The van der Waals surface area contributed by atoms with Gasteiger partial charge in [-0.1, -0.05) is 30.3 Å². The topological polar surface area (TPSA) is 47.6 Å².